The SMILES string of the molecule is COCC(C)(COC(C)=O)C(=O)OCCNC(=O)OC1CC[C@@]2(C)C(=CC[C@@H]3[C@@H]2CC[C@]2(C)C([C@H](C)CCCC(C)C)CC[C@@H]32)C1. The molecule has 0 heterocycles. The fourth-order valence-corrected chi connectivity index (χ4v) is 10.2. The van der Waals surface area contributed by atoms with Gasteiger partial charge in [0.25, 0.3) is 0 Å². The Morgan fingerprint density at radius 2 is 1.76 bits per heavy atom. The van der Waals surface area contributed by atoms with Crippen molar-refractivity contribution in [1.29, 1.82) is 0 Å². The van der Waals surface area contributed by atoms with Gasteiger partial charge in [0.2, 0.25) is 0 Å². The van der Waals surface area contributed by atoms with E-state index in [2.05, 4.69) is 46.0 Å². The highest BCUT2D eigenvalue weighted by Gasteiger charge is 2.59. The van der Waals surface area contributed by atoms with Crippen molar-refractivity contribution in [3.63, 3.8) is 0 Å². The zero-order valence-electron chi connectivity index (χ0n) is 30.1. The summed E-state index contributed by atoms with van der Waals surface area (Å²) in [6.07, 6.45) is 15.4. The molecule has 3 saturated carbocycles. The van der Waals surface area contributed by atoms with Gasteiger partial charge in [0, 0.05) is 20.5 Å². The number of carbonyl (C=O) groups excluding carboxylic acids is 3. The lowest BCUT2D eigenvalue weighted by molar-refractivity contribution is -0.165. The number of hydrogen-bond donors (Lipinski definition) is 1. The fourth-order valence-electron chi connectivity index (χ4n) is 10.2. The first kappa shape index (κ1) is 36.7. The van der Waals surface area contributed by atoms with Gasteiger partial charge in [-0.15, -0.1) is 0 Å². The average molecular weight is 646 g/mol. The van der Waals surface area contributed by atoms with Crippen LogP contribution in [0.4, 0.5) is 4.79 Å². The predicted octanol–water partition coefficient (Wildman–Crippen LogP) is 7.88. The van der Waals surface area contributed by atoms with Gasteiger partial charge in [-0.25, -0.2) is 4.79 Å². The van der Waals surface area contributed by atoms with Crippen LogP contribution in [0.5, 0.6) is 0 Å². The second-order valence-corrected chi connectivity index (χ2v) is 16.4. The van der Waals surface area contributed by atoms with Crippen molar-refractivity contribution in [2.75, 3.05) is 33.5 Å². The molecule has 46 heavy (non-hydrogen) atoms. The Balaban J connectivity index is 1.26. The van der Waals surface area contributed by atoms with Gasteiger partial charge in [0.05, 0.1) is 13.2 Å². The maximum absolute atomic E-state index is 12.7. The number of esters is 2. The van der Waals surface area contributed by atoms with E-state index in [-0.39, 0.29) is 37.9 Å². The van der Waals surface area contributed by atoms with E-state index in [0.717, 1.165) is 54.8 Å². The molecule has 0 aromatic rings. The van der Waals surface area contributed by atoms with Crippen LogP contribution < -0.4 is 5.32 Å². The standard InChI is InChI=1S/C38H63NO7/c1-25(2)10-9-11-26(3)31-14-15-32-30-13-12-28-22-29(16-18-37(28,6)33(30)17-19-38(31,32)7)46-35(42)39-20-21-44-34(41)36(5,23-43-8)24-45-27(4)40/h12,25-26,29-33H,9-11,13-24H2,1-8H3,(H,39,42)/t26-,29?,30+,31?,32+,33+,36?,37+,38-/m1/s1. The summed E-state index contributed by atoms with van der Waals surface area (Å²) >= 11 is 0. The highest BCUT2D eigenvalue weighted by Crippen LogP contribution is 2.67. The molecule has 9 atom stereocenters. The van der Waals surface area contributed by atoms with Crippen LogP contribution in [0.15, 0.2) is 11.6 Å². The van der Waals surface area contributed by atoms with E-state index in [9.17, 15) is 14.4 Å². The van der Waals surface area contributed by atoms with E-state index in [4.69, 9.17) is 18.9 Å². The van der Waals surface area contributed by atoms with Crippen LogP contribution in [0.3, 0.4) is 0 Å². The zero-order valence-corrected chi connectivity index (χ0v) is 30.1. The highest BCUT2D eigenvalue weighted by atomic mass is 16.6. The minimum atomic E-state index is -1.12. The molecular weight excluding hydrogens is 582 g/mol. The summed E-state index contributed by atoms with van der Waals surface area (Å²) in [5.41, 5.74) is 1.07. The molecule has 0 aromatic carbocycles. The van der Waals surface area contributed by atoms with Crippen LogP contribution in [-0.2, 0) is 28.5 Å². The number of rotatable bonds is 14. The van der Waals surface area contributed by atoms with E-state index in [1.54, 1.807) is 6.92 Å². The third kappa shape index (κ3) is 8.13. The number of hydrogen-bond acceptors (Lipinski definition) is 7. The second kappa shape index (κ2) is 15.4. The minimum absolute atomic E-state index is 0.0120. The molecule has 0 aliphatic heterocycles. The summed E-state index contributed by atoms with van der Waals surface area (Å²) in [4.78, 5) is 36.5. The predicted molar refractivity (Wildman–Crippen MR) is 179 cm³/mol. The molecule has 1 N–H and O–H groups in total. The molecule has 0 saturated heterocycles. The summed E-state index contributed by atoms with van der Waals surface area (Å²) in [6.45, 7) is 15.3. The Morgan fingerprint density at radius 1 is 1.00 bits per heavy atom. The van der Waals surface area contributed by atoms with Crippen molar-refractivity contribution >= 4 is 18.0 Å². The normalized spacial score (nSPS) is 33.8. The van der Waals surface area contributed by atoms with E-state index in [1.807, 2.05) is 0 Å². The van der Waals surface area contributed by atoms with Gasteiger partial charge < -0.3 is 24.3 Å². The summed E-state index contributed by atoms with van der Waals surface area (Å²) < 4.78 is 21.4. The van der Waals surface area contributed by atoms with E-state index >= 15 is 0 Å². The second-order valence-electron chi connectivity index (χ2n) is 16.4. The van der Waals surface area contributed by atoms with Crippen molar-refractivity contribution in [3.8, 4) is 0 Å². The van der Waals surface area contributed by atoms with Crippen LogP contribution in [0.25, 0.3) is 0 Å². The van der Waals surface area contributed by atoms with Gasteiger partial charge >= 0.3 is 18.0 Å². The van der Waals surface area contributed by atoms with E-state index in [0.29, 0.717) is 5.41 Å². The van der Waals surface area contributed by atoms with Crippen molar-refractivity contribution < 1.29 is 33.3 Å². The first-order valence-electron chi connectivity index (χ1n) is 18.2. The van der Waals surface area contributed by atoms with E-state index < -0.39 is 23.4 Å². The summed E-state index contributed by atoms with van der Waals surface area (Å²) in [5.74, 6) is 3.81. The smallest absolute Gasteiger partial charge is 0.407 e. The lowest BCUT2D eigenvalue weighted by Crippen LogP contribution is -2.51. The van der Waals surface area contributed by atoms with Crippen molar-refractivity contribution in [1.82, 2.24) is 5.32 Å². The molecule has 3 fully saturated rings. The molecule has 1 amide bonds. The number of carbonyl (C=O) groups is 3. The molecule has 8 nitrogen and oxygen atoms in total. The Hall–Kier alpha value is -2.09. The van der Waals surface area contributed by atoms with Crippen LogP contribution in [0.2, 0.25) is 0 Å². The lowest BCUT2D eigenvalue weighted by atomic mass is 9.47. The minimum Gasteiger partial charge on any atom is -0.465 e. The fraction of sp³-hybridized carbons (Fsp3) is 0.868. The number of fused-ring (bicyclic) bond motifs is 5. The third-order valence-electron chi connectivity index (χ3n) is 12.7. The molecule has 8 heteroatoms. The molecule has 262 valence electrons. The van der Waals surface area contributed by atoms with Gasteiger partial charge in [-0.05, 0) is 98.2 Å². The summed E-state index contributed by atoms with van der Waals surface area (Å²) in [5, 5.41) is 2.73. The largest absolute Gasteiger partial charge is 0.465 e. The number of nitrogens with one attached hydrogen (secondary N) is 1. The molecule has 0 bridgehead atoms. The lowest BCUT2D eigenvalue weighted by Gasteiger charge is -2.58. The zero-order chi connectivity index (χ0) is 33.7. The molecule has 4 rings (SSSR count). The van der Waals surface area contributed by atoms with Crippen LogP contribution >= 0.6 is 0 Å². The Labute approximate surface area is 278 Å². The maximum Gasteiger partial charge on any atom is 0.407 e. The molecule has 4 aliphatic rings. The molecule has 0 spiro atoms. The molecule has 3 unspecified atom stereocenters. The van der Waals surface area contributed by atoms with Gasteiger partial charge in [-0.3, -0.25) is 9.59 Å². The Bertz CT molecular complexity index is 1100. The van der Waals surface area contributed by atoms with Crippen LogP contribution in [0.1, 0.15) is 119 Å². The topological polar surface area (TPSA) is 100 Å². The Kier molecular flexibility index (Phi) is 12.3. The molecule has 0 radical (unpaired) electrons. The van der Waals surface area contributed by atoms with Gasteiger partial charge in [-0.1, -0.05) is 65.5 Å². The number of ether oxygens (including phenoxy) is 4. The van der Waals surface area contributed by atoms with E-state index in [1.165, 1.54) is 71.0 Å². The van der Waals surface area contributed by atoms with Gasteiger partial charge in [-0.2, -0.15) is 0 Å². The Morgan fingerprint density at radius 3 is 2.46 bits per heavy atom. The van der Waals surface area contributed by atoms with Crippen molar-refractivity contribution in [2.45, 2.75) is 125 Å². The third-order valence-corrected chi connectivity index (χ3v) is 12.7. The average Bonchev–Trinajstić information content (AvgIpc) is 3.35. The van der Waals surface area contributed by atoms with Crippen molar-refractivity contribution in [3.05, 3.63) is 11.6 Å². The quantitative estimate of drug-likeness (QED) is 0.0888. The summed E-state index contributed by atoms with van der Waals surface area (Å²) in [6, 6.07) is 0. The number of allylic oxidation sites excluding steroid dienone is 1. The first-order valence-corrected chi connectivity index (χ1v) is 18.2. The van der Waals surface area contributed by atoms with Gasteiger partial charge in [0.1, 0.15) is 24.7 Å². The molecule has 4 aliphatic carbocycles. The number of amides is 1. The summed E-state index contributed by atoms with van der Waals surface area (Å²) in [7, 11) is 1.47. The molecular formula is C38H63NO7. The van der Waals surface area contributed by atoms with Crippen LogP contribution in [-0.4, -0.2) is 57.6 Å². The van der Waals surface area contributed by atoms with Gasteiger partial charge in [0.15, 0.2) is 0 Å². The monoisotopic (exact) mass is 645 g/mol. The molecule has 0 aromatic heterocycles. The van der Waals surface area contributed by atoms with Crippen molar-refractivity contribution in [2.24, 2.45) is 51.8 Å². The highest BCUT2D eigenvalue weighted by molar-refractivity contribution is 5.77. The number of alkyl carbamates (subject to hydrolysis) is 1. The number of methoxy groups -OCH3 is 1. The van der Waals surface area contributed by atoms with Crippen LogP contribution in [0, 0.1) is 51.8 Å². The first-order chi connectivity index (χ1) is 21.7. The maximum atomic E-state index is 12.7.